The van der Waals surface area contributed by atoms with Gasteiger partial charge in [0, 0.05) is 30.9 Å². The Kier molecular flexibility index (Phi) is 6.16. The van der Waals surface area contributed by atoms with Gasteiger partial charge in [0.15, 0.2) is 0 Å². The minimum absolute atomic E-state index is 0.0805. The summed E-state index contributed by atoms with van der Waals surface area (Å²) >= 11 is 0. The first-order valence-electron chi connectivity index (χ1n) is 9.24. The molecule has 1 aliphatic rings. The molecule has 0 radical (unpaired) electrons. The molecule has 1 aliphatic heterocycles. The number of methoxy groups -OCH3 is 1. The van der Waals surface area contributed by atoms with Gasteiger partial charge >= 0.3 is 5.97 Å². The van der Waals surface area contributed by atoms with E-state index >= 15 is 0 Å². The molecule has 0 saturated carbocycles. The van der Waals surface area contributed by atoms with Crippen molar-refractivity contribution in [3.05, 3.63) is 53.6 Å². The Balaban J connectivity index is 1.80. The van der Waals surface area contributed by atoms with Crippen molar-refractivity contribution in [2.45, 2.75) is 6.42 Å². The van der Waals surface area contributed by atoms with Crippen LogP contribution in [-0.2, 0) is 0 Å². The summed E-state index contributed by atoms with van der Waals surface area (Å²) in [4.78, 5) is 28.7. The summed E-state index contributed by atoms with van der Waals surface area (Å²) in [6.45, 7) is 3.67. The molecule has 1 heterocycles. The highest BCUT2D eigenvalue weighted by molar-refractivity contribution is 6.08. The Bertz CT molecular complexity index is 851. The third-order valence-electron chi connectivity index (χ3n) is 4.92. The van der Waals surface area contributed by atoms with Crippen LogP contribution in [0, 0.1) is 0 Å². The monoisotopic (exact) mass is 383 g/mol. The number of hydrogen-bond acceptors (Lipinski definition) is 5. The van der Waals surface area contributed by atoms with E-state index < -0.39 is 5.97 Å². The van der Waals surface area contributed by atoms with Crippen LogP contribution in [0.1, 0.15) is 27.1 Å². The van der Waals surface area contributed by atoms with E-state index in [1.165, 1.54) is 0 Å². The maximum absolute atomic E-state index is 12.5. The Hall–Kier alpha value is -3.06. The molecule has 2 aromatic carbocycles. The molecule has 0 spiro atoms. The molecule has 28 heavy (non-hydrogen) atoms. The number of nitrogens with zero attached hydrogens (tertiary/aromatic N) is 2. The molecular weight excluding hydrogens is 358 g/mol. The van der Waals surface area contributed by atoms with Crippen molar-refractivity contribution in [2.75, 3.05) is 50.6 Å². The van der Waals surface area contributed by atoms with Gasteiger partial charge in [0.2, 0.25) is 0 Å². The molecule has 7 heteroatoms. The molecule has 0 aliphatic carbocycles. The van der Waals surface area contributed by atoms with Crippen LogP contribution < -0.4 is 15.0 Å². The third kappa shape index (κ3) is 4.61. The second-order valence-corrected chi connectivity index (χ2v) is 6.86. The van der Waals surface area contributed by atoms with Crippen molar-refractivity contribution >= 4 is 23.3 Å². The summed E-state index contributed by atoms with van der Waals surface area (Å²) in [7, 11) is 3.64. The highest BCUT2D eigenvalue weighted by atomic mass is 16.5. The number of rotatable bonds is 5. The van der Waals surface area contributed by atoms with E-state index in [2.05, 4.69) is 22.2 Å². The number of carbonyl (C=O) groups is 2. The molecular formula is C21H25N3O4. The number of carboxylic acid groups (broad SMARTS) is 1. The molecule has 0 atom stereocenters. The predicted octanol–water partition coefficient (Wildman–Crippen LogP) is 2.79. The second kappa shape index (κ2) is 8.75. The number of anilines is 2. The van der Waals surface area contributed by atoms with Gasteiger partial charge in [-0.2, -0.15) is 0 Å². The minimum Gasteiger partial charge on any atom is -0.497 e. The van der Waals surface area contributed by atoms with Crippen LogP contribution >= 0.6 is 0 Å². The van der Waals surface area contributed by atoms with E-state index in [9.17, 15) is 14.7 Å². The van der Waals surface area contributed by atoms with E-state index in [0.717, 1.165) is 38.3 Å². The zero-order valence-corrected chi connectivity index (χ0v) is 16.1. The van der Waals surface area contributed by atoms with Gasteiger partial charge in [-0.15, -0.1) is 0 Å². The number of likely N-dealkylation sites (N-methyl/N-ethyl adjacent to an activating group) is 1. The van der Waals surface area contributed by atoms with E-state index in [-0.39, 0.29) is 17.2 Å². The number of hydrogen-bond donors (Lipinski definition) is 2. The number of benzene rings is 2. The molecule has 148 valence electrons. The van der Waals surface area contributed by atoms with Crippen LogP contribution in [0.25, 0.3) is 0 Å². The predicted molar refractivity (Wildman–Crippen MR) is 109 cm³/mol. The number of carboxylic acids is 1. The average molecular weight is 383 g/mol. The summed E-state index contributed by atoms with van der Waals surface area (Å²) in [5.74, 6) is -0.789. The van der Waals surface area contributed by atoms with Crippen LogP contribution in [0.4, 0.5) is 11.4 Å². The van der Waals surface area contributed by atoms with Crippen molar-refractivity contribution in [1.29, 1.82) is 0 Å². The van der Waals surface area contributed by atoms with Gasteiger partial charge in [0.25, 0.3) is 5.91 Å². The second-order valence-electron chi connectivity index (χ2n) is 6.86. The molecule has 0 bridgehead atoms. The van der Waals surface area contributed by atoms with E-state index in [4.69, 9.17) is 4.74 Å². The van der Waals surface area contributed by atoms with Crippen LogP contribution in [0.5, 0.6) is 5.75 Å². The molecule has 0 unspecified atom stereocenters. The van der Waals surface area contributed by atoms with Gasteiger partial charge < -0.3 is 25.0 Å². The van der Waals surface area contributed by atoms with Crippen molar-refractivity contribution in [1.82, 2.24) is 4.90 Å². The first-order chi connectivity index (χ1) is 13.5. The summed E-state index contributed by atoms with van der Waals surface area (Å²) in [5, 5.41) is 12.4. The Morgan fingerprint density at radius 1 is 1.04 bits per heavy atom. The largest absolute Gasteiger partial charge is 0.497 e. The average Bonchev–Trinajstić information content (AvgIpc) is 2.92. The number of carbonyl (C=O) groups excluding carboxylic acids is 1. The SMILES string of the molecule is COc1ccc(C(=O)Nc2ccc(N3CCCN(C)CC3)cc2C(=O)O)cc1. The molecule has 3 rings (SSSR count). The summed E-state index contributed by atoms with van der Waals surface area (Å²) in [6, 6.07) is 11.8. The molecule has 1 fully saturated rings. The fourth-order valence-corrected chi connectivity index (χ4v) is 3.26. The summed E-state index contributed by atoms with van der Waals surface area (Å²) in [6.07, 6.45) is 1.02. The van der Waals surface area contributed by atoms with Crippen molar-refractivity contribution in [3.8, 4) is 5.75 Å². The van der Waals surface area contributed by atoms with Crippen LogP contribution in [0.3, 0.4) is 0 Å². The van der Waals surface area contributed by atoms with E-state index in [1.807, 2.05) is 6.07 Å². The number of aromatic carboxylic acids is 1. The number of nitrogens with one attached hydrogen (secondary N) is 1. The van der Waals surface area contributed by atoms with Gasteiger partial charge in [-0.05, 0) is 62.5 Å². The summed E-state index contributed by atoms with van der Waals surface area (Å²) in [5.41, 5.74) is 1.65. The van der Waals surface area contributed by atoms with Gasteiger partial charge in [0.05, 0.1) is 18.4 Å². The Labute approximate surface area is 164 Å². The molecule has 2 aromatic rings. The maximum atomic E-state index is 12.5. The zero-order chi connectivity index (χ0) is 20.1. The Morgan fingerprint density at radius 2 is 1.79 bits per heavy atom. The molecule has 0 aromatic heterocycles. The molecule has 2 N–H and O–H groups in total. The fraction of sp³-hybridized carbons (Fsp3) is 0.333. The van der Waals surface area contributed by atoms with Gasteiger partial charge in [-0.3, -0.25) is 4.79 Å². The maximum Gasteiger partial charge on any atom is 0.337 e. The quantitative estimate of drug-likeness (QED) is 0.826. The lowest BCUT2D eigenvalue weighted by molar-refractivity contribution is 0.0698. The smallest absolute Gasteiger partial charge is 0.337 e. The Morgan fingerprint density at radius 3 is 2.46 bits per heavy atom. The first-order valence-corrected chi connectivity index (χ1v) is 9.24. The molecule has 7 nitrogen and oxygen atoms in total. The highest BCUT2D eigenvalue weighted by Gasteiger charge is 2.18. The normalized spacial score (nSPS) is 15.0. The minimum atomic E-state index is -1.07. The first kappa shape index (κ1) is 19.7. The standard InChI is InChI=1S/C21H25N3O4/c1-23-10-3-11-24(13-12-23)16-6-9-19(18(14-16)21(26)27)22-20(25)15-4-7-17(28-2)8-5-15/h4-9,14H,3,10-13H2,1-2H3,(H,22,25)(H,26,27). The number of amides is 1. The van der Waals surface area contributed by atoms with E-state index in [0.29, 0.717) is 11.3 Å². The molecule has 1 amide bonds. The lowest BCUT2D eigenvalue weighted by Gasteiger charge is -2.24. The van der Waals surface area contributed by atoms with Gasteiger partial charge in [0.1, 0.15) is 5.75 Å². The third-order valence-corrected chi connectivity index (χ3v) is 4.92. The van der Waals surface area contributed by atoms with Gasteiger partial charge in [-0.1, -0.05) is 0 Å². The topological polar surface area (TPSA) is 82.1 Å². The lowest BCUT2D eigenvalue weighted by Crippen LogP contribution is -2.29. The van der Waals surface area contributed by atoms with Crippen LogP contribution in [0.15, 0.2) is 42.5 Å². The zero-order valence-electron chi connectivity index (χ0n) is 16.1. The van der Waals surface area contributed by atoms with Gasteiger partial charge in [-0.25, -0.2) is 4.79 Å². The van der Waals surface area contributed by atoms with Crippen molar-refractivity contribution < 1.29 is 19.4 Å². The lowest BCUT2D eigenvalue weighted by atomic mass is 10.1. The van der Waals surface area contributed by atoms with Crippen molar-refractivity contribution in [3.63, 3.8) is 0 Å². The summed E-state index contributed by atoms with van der Waals surface area (Å²) < 4.78 is 5.09. The van der Waals surface area contributed by atoms with E-state index in [1.54, 1.807) is 43.5 Å². The fourth-order valence-electron chi connectivity index (χ4n) is 3.26. The van der Waals surface area contributed by atoms with Crippen molar-refractivity contribution in [2.24, 2.45) is 0 Å². The van der Waals surface area contributed by atoms with Crippen LogP contribution in [0.2, 0.25) is 0 Å². The molecule has 1 saturated heterocycles. The highest BCUT2D eigenvalue weighted by Crippen LogP contribution is 2.25. The van der Waals surface area contributed by atoms with Crippen LogP contribution in [-0.4, -0.2) is 62.2 Å². The number of ether oxygens (including phenoxy) is 1.